The first kappa shape index (κ1) is 13.0. The van der Waals surface area contributed by atoms with Crippen molar-refractivity contribution in [3.8, 4) is 0 Å². The number of fused-ring (bicyclic) bond motifs is 1. The standard InChI is InChI=1S/C15H18N2O3/c1-9-6-12(7-9)16-15(20)17-5-4-10-8-11(14(18)19)2-3-13(10)17/h2-3,8-9,12H,4-7H2,1H3,(H,16,20)(H,18,19). The molecule has 1 fully saturated rings. The summed E-state index contributed by atoms with van der Waals surface area (Å²) >= 11 is 0. The molecule has 0 saturated heterocycles. The molecule has 20 heavy (non-hydrogen) atoms. The van der Waals surface area contributed by atoms with Gasteiger partial charge in [0.2, 0.25) is 0 Å². The fraction of sp³-hybridized carbons (Fsp3) is 0.467. The lowest BCUT2D eigenvalue weighted by atomic mass is 9.82. The predicted octanol–water partition coefficient (Wildman–Crippen LogP) is 2.26. The van der Waals surface area contributed by atoms with Crippen LogP contribution in [0, 0.1) is 5.92 Å². The van der Waals surface area contributed by atoms with Gasteiger partial charge in [0.15, 0.2) is 0 Å². The van der Waals surface area contributed by atoms with Gasteiger partial charge in [0.05, 0.1) is 5.56 Å². The summed E-state index contributed by atoms with van der Waals surface area (Å²) in [6, 6.07) is 5.17. The molecule has 1 aliphatic heterocycles. The number of aromatic carboxylic acids is 1. The highest BCUT2D eigenvalue weighted by Gasteiger charge is 2.31. The van der Waals surface area contributed by atoms with Gasteiger partial charge in [-0.1, -0.05) is 6.92 Å². The van der Waals surface area contributed by atoms with Crippen LogP contribution in [-0.4, -0.2) is 29.7 Å². The van der Waals surface area contributed by atoms with Crippen LogP contribution in [0.3, 0.4) is 0 Å². The molecule has 0 bridgehead atoms. The van der Waals surface area contributed by atoms with Crippen LogP contribution in [0.1, 0.15) is 35.7 Å². The third-order valence-corrected chi connectivity index (χ3v) is 4.17. The molecule has 0 aromatic heterocycles. The van der Waals surface area contributed by atoms with E-state index in [1.165, 1.54) is 0 Å². The smallest absolute Gasteiger partial charge is 0.335 e. The molecule has 0 radical (unpaired) electrons. The molecule has 1 aromatic rings. The molecule has 5 nitrogen and oxygen atoms in total. The van der Waals surface area contributed by atoms with E-state index in [9.17, 15) is 9.59 Å². The van der Waals surface area contributed by atoms with E-state index >= 15 is 0 Å². The van der Waals surface area contributed by atoms with E-state index in [-0.39, 0.29) is 11.6 Å². The third kappa shape index (κ3) is 2.24. The molecule has 1 saturated carbocycles. The minimum Gasteiger partial charge on any atom is -0.478 e. The molecule has 5 heteroatoms. The van der Waals surface area contributed by atoms with Crippen molar-refractivity contribution < 1.29 is 14.7 Å². The number of urea groups is 1. The molecule has 1 aliphatic carbocycles. The molecule has 0 atom stereocenters. The largest absolute Gasteiger partial charge is 0.478 e. The number of carboxylic acid groups (broad SMARTS) is 1. The van der Waals surface area contributed by atoms with Crippen molar-refractivity contribution in [3.05, 3.63) is 29.3 Å². The number of rotatable bonds is 2. The lowest BCUT2D eigenvalue weighted by Gasteiger charge is -2.34. The summed E-state index contributed by atoms with van der Waals surface area (Å²) < 4.78 is 0. The van der Waals surface area contributed by atoms with Crippen LogP contribution >= 0.6 is 0 Å². The van der Waals surface area contributed by atoms with E-state index in [0.717, 1.165) is 24.1 Å². The first-order chi connectivity index (χ1) is 9.54. The Morgan fingerprint density at radius 3 is 2.75 bits per heavy atom. The van der Waals surface area contributed by atoms with Crippen molar-refractivity contribution in [1.82, 2.24) is 5.32 Å². The Hall–Kier alpha value is -2.04. The number of carbonyl (C=O) groups excluding carboxylic acids is 1. The predicted molar refractivity (Wildman–Crippen MR) is 75.2 cm³/mol. The van der Waals surface area contributed by atoms with Crippen LogP contribution in [0.15, 0.2) is 18.2 Å². The molecule has 0 unspecified atom stereocenters. The van der Waals surface area contributed by atoms with Gasteiger partial charge in [-0.25, -0.2) is 9.59 Å². The highest BCUT2D eigenvalue weighted by Crippen LogP contribution is 2.30. The van der Waals surface area contributed by atoms with Gasteiger partial charge in [-0.2, -0.15) is 0 Å². The van der Waals surface area contributed by atoms with Gasteiger partial charge < -0.3 is 10.4 Å². The van der Waals surface area contributed by atoms with Gasteiger partial charge in [-0.3, -0.25) is 4.90 Å². The number of nitrogens with zero attached hydrogens (tertiary/aromatic N) is 1. The topological polar surface area (TPSA) is 69.6 Å². The van der Waals surface area contributed by atoms with Crippen molar-refractivity contribution in [3.63, 3.8) is 0 Å². The van der Waals surface area contributed by atoms with Crippen LogP contribution in [0.5, 0.6) is 0 Å². The maximum absolute atomic E-state index is 12.2. The Balaban J connectivity index is 1.72. The summed E-state index contributed by atoms with van der Waals surface area (Å²) in [6.07, 6.45) is 2.81. The fourth-order valence-electron chi connectivity index (χ4n) is 3.02. The summed E-state index contributed by atoms with van der Waals surface area (Å²) in [7, 11) is 0. The minimum atomic E-state index is -0.931. The quantitative estimate of drug-likeness (QED) is 0.869. The number of benzene rings is 1. The van der Waals surface area contributed by atoms with Crippen LogP contribution in [-0.2, 0) is 6.42 Å². The summed E-state index contributed by atoms with van der Waals surface area (Å²) in [4.78, 5) is 24.9. The Morgan fingerprint density at radius 2 is 2.10 bits per heavy atom. The lowest BCUT2D eigenvalue weighted by molar-refractivity contribution is 0.0697. The number of carbonyl (C=O) groups is 2. The summed E-state index contributed by atoms with van der Waals surface area (Å²) in [5.74, 6) is -0.233. The molecule has 1 heterocycles. The van der Waals surface area contributed by atoms with Crippen LogP contribution in [0.4, 0.5) is 10.5 Å². The number of hydrogen-bond acceptors (Lipinski definition) is 2. The second kappa shape index (κ2) is 4.81. The fourth-order valence-corrected chi connectivity index (χ4v) is 3.02. The van der Waals surface area contributed by atoms with Gasteiger partial charge in [0, 0.05) is 18.3 Å². The van der Waals surface area contributed by atoms with E-state index in [4.69, 9.17) is 5.11 Å². The van der Waals surface area contributed by atoms with Crippen molar-refractivity contribution >= 4 is 17.7 Å². The number of hydrogen-bond donors (Lipinski definition) is 2. The second-order valence-electron chi connectivity index (χ2n) is 5.77. The normalized spacial score (nSPS) is 23.9. The number of carboxylic acids is 1. The van der Waals surface area contributed by atoms with E-state index in [0.29, 0.717) is 24.9 Å². The first-order valence-corrected chi connectivity index (χ1v) is 6.99. The van der Waals surface area contributed by atoms with Crippen LogP contribution in [0.25, 0.3) is 0 Å². The van der Waals surface area contributed by atoms with Crippen molar-refractivity contribution in [1.29, 1.82) is 0 Å². The molecule has 2 N–H and O–H groups in total. The minimum absolute atomic E-state index is 0.0660. The number of amides is 2. The number of nitrogens with one attached hydrogen (secondary N) is 1. The van der Waals surface area contributed by atoms with Gasteiger partial charge in [0.25, 0.3) is 0 Å². The molecular weight excluding hydrogens is 256 g/mol. The van der Waals surface area contributed by atoms with E-state index < -0.39 is 5.97 Å². The molecule has 106 valence electrons. The van der Waals surface area contributed by atoms with Crippen molar-refractivity contribution in [2.45, 2.75) is 32.2 Å². The van der Waals surface area contributed by atoms with Crippen LogP contribution < -0.4 is 10.2 Å². The summed E-state index contributed by atoms with van der Waals surface area (Å²) in [5, 5.41) is 12.0. The van der Waals surface area contributed by atoms with Gasteiger partial charge in [-0.05, 0) is 48.9 Å². The summed E-state index contributed by atoms with van der Waals surface area (Å²) in [5.41, 5.74) is 2.04. The number of anilines is 1. The Bertz CT molecular complexity index is 564. The van der Waals surface area contributed by atoms with Crippen molar-refractivity contribution in [2.24, 2.45) is 5.92 Å². The summed E-state index contributed by atoms with van der Waals surface area (Å²) in [6.45, 7) is 2.80. The molecular formula is C15H18N2O3. The van der Waals surface area contributed by atoms with Crippen molar-refractivity contribution in [2.75, 3.05) is 11.4 Å². The molecule has 2 amide bonds. The molecule has 2 aliphatic rings. The monoisotopic (exact) mass is 274 g/mol. The maximum Gasteiger partial charge on any atom is 0.335 e. The average Bonchev–Trinajstić information content (AvgIpc) is 2.79. The van der Waals surface area contributed by atoms with Crippen LogP contribution in [0.2, 0.25) is 0 Å². The SMILES string of the molecule is CC1CC(NC(=O)N2CCc3cc(C(=O)O)ccc32)C1. The zero-order valence-corrected chi connectivity index (χ0v) is 11.4. The van der Waals surface area contributed by atoms with E-state index in [2.05, 4.69) is 12.2 Å². The Labute approximate surface area is 117 Å². The highest BCUT2D eigenvalue weighted by molar-refractivity contribution is 5.96. The maximum atomic E-state index is 12.2. The van der Waals surface area contributed by atoms with E-state index in [1.54, 1.807) is 23.1 Å². The van der Waals surface area contributed by atoms with Gasteiger partial charge in [0.1, 0.15) is 0 Å². The van der Waals surface area contributed by atoms with Gasteiger partial charge in [-0.15, -0.1) is 0 Å². The lowest BCUT2D eigenvalue weighted by Crippen LogP contribution is -2.49. The first-order valence-electron chi connectivity index (χ1n) is 6.99. The average molecular weight is 274 g/mol. The Morgan fingerprint density at radius 1 is 1.35 bits per heavy atom. The molecule has 0 spiro atoms. The van der Waals surface area contributed by atoms with E-state index in [1.807, 2.05) is 0 Å². The Kier molecular flexibility index (Phi) is 3.12. The van der Waals surface area contributed by atoms with Gasteiger partial charge >= 0.3 is 12.0 Å². The zero-order chi connectivity index (χ0) is 14.3. The molecule has 3 rings (SSSR count). The molecule has 1 aromatic carbocycles. The highest BCUT2D eigenvalue weighted by atomic mass is 16.4. The zero-order valence-electron chi connectivity index (χ0n) is 11.4. The third-order valence-electron chi connectivity index (χ3n) is 4.17. The second-order valence-corrected chi connectivity index (χ2v) is 5.77.